The Hall–Kier alpha value is -4.49. The molecule has 0 fully saturated rings. The minimum atomic E-state index is -0.521. The second-order valence-electron chi connectivity index (χ2n) is 8.51. The maximum absolute atomic E-state index is 14.0. The van der Waals surface area contributed by atoms with Crippen LogP contribution in [0.5, 0.6) is 0 Å². The Labute approximate surface area is 213 Å². The summed E-state index contributed by atoms with van der Waals surface area (Å²) in [4.78, 5) is 41.1. The smallest absolute Gasteiger partial charge is 0.337 e. The van der Waals surface area contributed by atoms with Crippen LogP contribution in [-0.2, 0) is 24.1 Å². The summed E-state index contributed by atoms with van der Waals surface area (Å²) in [6, 6.07) is 20.6. The van der Waals surface area contributed by atoms with Crippen LogP contribution in [0.25, 0.3) is 11.1 Å². The molecule has 0 radical (unpaired) electrons. The van der Waals surface area contributed by atoms with Crippen molar-refractivity contribution in [3.8, 4) is 11.1 Å². The molecule has 2 N–H and O–H groups in total. The van der Waals surface area contributed by atoms with Crippen molar-refractivity contribution in [2.24, 2.45) is 5.73 Å². The highest BCUT2D eigenvalue weighted by Crippen LogP contribution is 2.27. The van der Waals surface area contributed by atoms with Crippen LogP contribution >= 0.6 is 0 Å². The van der Waals surface area contributed by atoms with Gasteiger partial charge in [0.2, 0.25) is 0 Å². The first-order valence-corrected chi connectivity index (χ1v) is 11.6. The molecule has 0 saturated heterocycles. The zero-order valence-electron chi connectivity index (χ0n) is 20.2. The van der Waals surface area contributed by atoms with Crippen molar-refractivity contribution in [1.29, 1.82) is 0 Å². The summed E-state index contributed by atoms with van der Waals surface area (Å²) in [5.74, 6) is -1.31. The van der Waals surface area contributed by atoms with E-state index in [0.29, 0.717) is 16.7 Å². The molecule has 4 rings (SSSR count). The highest BCUT2D eigenvalue weighted by molar-refractivity contribution is 6.00. The van der Waals surface area contributed by atoms with Crippen molar-refractivity contribution in [1.82, 2.24) is 4.98 Å². The average Bonchev–Trinajstić information content (AvgIpc) is 2.93. The molecule has 4 aromatic rings. The molecule has 3 aromatic carbocycles. The zero-order chi connectivity index (χ0) is 26.4. The second-order valence-corrected chi connectivity index (χ2v) is 8.51. The fourth-order valence-corrected chi connectivity index (χ4v) is 4.07. The van der Waals surface area contributed by atoms with Crippen molar-refractivity contribution in [3.63, 3.8) is 0 Å². The number of methoxy groups -OCH3 is 1. The molecule has 0 aliphatic carbocycles. The number of aromatic nitrogens is 1. The molecule has 1 heterocycles. The molecule has 0 aliphatic rings. The predicted molar refractivity (Wildman–Crippen MR) is 138 cm³/mol. The third-order valence-corrected chi connectivity index (χ3v) is 6.09. The molecule has 0 bridgehead atoms. The van der Waals surface area contributed by atoms with Crippen LogP contribution < -0.4 is 5.73 Å². The SMILES string of the molecule is COC(=O)c1ccc(C(=O)Cc2cccc(-c3cc(C(=O)Cc4ccncc4F)ccc3CN)c2)cc1. The molecule has 7 heteroatoms. The van der Waals surface area contributed by atoms with Crippen LogP contribution in [0.15, 0.2) is 85.2 Å². The zero-order valence-corrected chi connectivity index (χ0v) is 20.2. The van der Waals surface area contributed by atoms with Crippen LogP contribution in [0.3, 0.4) is 0 Å². The first-order valence-electron chi connectivity index (χ1n) is 11.6. The molecule has 0 saturated carbocycles. The van der Waals surface area contributed by atoms with E-state index in [-0.39, 0.29) is 36.5 Å². The lowest BCUT2D eigenvalue weighted by Gasteiger charge is -2.12. The molecule has 0 amide bonds. The van der Waals surface area contributed by atoms with E-state index in [1.807, 2.05) is 24.3 Å². The summed E-state index contributed by atoms with van der Waals surface area (Å²) in [7, 11) is 1.30. The third-order valence-electron chi connectivity index (χ3n) is 6.09. The number of nitrogens with two attached hydrogens (primary N) is 1. The molecule has 0 atom stereocenters. The highest BCUT2D eigenvalue weighted by Gasteiger charge is 2.15. The van der Waals surface area contributed by atoms with Gasteiger partial charge in [0.15, 0.2) is 11.6 Å². The van der Waals surface area contributed by atoms with Gasteiger partial charge in [-0.2, -0.15) is 0 Å². The van der Waals surface area contributed by atoms with E-state index >= 15 is 0 Å². The quantitative estimate of drug-likeness (QED) is 0.259. The second kappa shape index (κ2) is 11.5. The Bertz CT molecular complexity index is 1460. The molecule has 0 aliphatic heterocycles. The lowest BCUT2D eigenvalue weighted by molar-refractivity contribution is 0.0600. The summed E-state index contributed by atoms with van der Waals surface area (Å²) < 4.78 is 18.7. The number of ether oxygens (including phenoxy) is 1. The largest absolute Gasteiger partial charge is 0.465 e. The number of benzene rings is 3. The van der Waals surface area contributed by atoms with Gasteiger partial charge in [-0.05, 0) is 52.1 Å². The molecule has 186 valence electrons. The van der Waals surface area contributed by atoms with Crippen molar-refractivity contribution in [3.05, 3.63) is 124 Å². The Morgan fingerprint density at radius 3 is 2.24 bits per heavy atom. The van der Waals surface area contributed by atoms with E-state index in [0.717, 1.165) is 28.5 Å². The highest BCUT2D eigenvalue weighted by atomic mass is 19.1. The van der Waals surface area contributed by atoms with Crippen LogP contribution in [0, 0.1) is 5.82 Å². The van der Waals surface area contributed by atoms with Crippen LogP contribution in [0.2, 0.25) is 0 Å². The third kappa shape index (κ3) is 6.02. The molecule has 1 aromatic heterocycles. The number of pyridine rings is 1. The van der Waals surface area contributed by atoms with Crippen molar-refractivity contribution in [2.75, 3.05) is 7.11 Å². The summed E-state index contributed by atoms with van der Waals surface area (Å²) in [5.41, 5.74) is 10.8. The van der Waals surface area contributed by atoms with Gasteiger partial charge in [0, 0.05) is 36.7 Å². The van der Waals surface area contributed by atoms with E-state index in [2.05, 4.69) is 4.98 Å². The maximum atomic E-state index is 14.0. The number of ketones is 2. The van der Waals surface area contributed by atoms with Crippen LogP contribution in [-0.4, -0.2) is 29.6 Å². The van der Waals surface area contributed by atoms with E-state index in [4.69, 9.17) is 10.5 Å². The number of rotatable bonds is 9. The molecule has 6 nitrogen and oxygen atoms in total. The topological polar surface area (TPSA) is 99.4 Å². The van der Waals surface area contributed by atoms with Crippen molar-refractivity contribution >= 4 is 17.5 Å². The molecule has 0 unspecified atom stereocenters. The minimum Gasteiger partial charge on any atom is -0.465 e. The van der Waals surface area contributed by atoms with Crippen molar-refractivity contribution in [2.45, 2.75) is 19.4 Å². The van der Waals surface area contributed by atoms with Gasteiger partial charge < -0.3 is 10.5 Å². The van der Waals surface area contributed by atoms with Crippen LogP contribution in [0.1, 0.15) is 47.8 Å². The standard InChI is InChI=1S/C30H25FN2O4/c1-37-30(36)21-7-5-20(6-8-21)28(34)14-19-3-2-4-22(13-19)26-15-24(9-10-25(26)17-32)29(35)16-23-11-12-33-18-27(23)31/h2-13,15,18H,14,16-17,32H2,1H3. The number of hydrogen-bond donors (Lipinski definition) is 1. The summed E-state index contributed by atoms with van der Waals surface area (Å²) in [5, 5.41) is 0. The monoisotopic (exact) mass is 496 g/mol. The van der Waals surface area contributed by atoms with Gasteiger partial charge in [0.1, 0.15) is 5.82 Å². The van der Waals surface area contributed by atoms with Gasteiger partial charge in [-0.15, -0.1) is 0 Å². The van der Waals surface area contributed by atoms with E-state index in [1.54, 1.807) is 42.5 Å². The van der Waals surface area contributed by atoms with Gasteiger partial charge in [-0.25, -0.2) is 9.18 Å². The number of carbonyl (C=O) groups excluding carboxylic acids is 3. The van der Waals surface area contributed by atoms with Gasteiger partial charge in [-0.3, -0.25) is 14.6 Å². The average molecular weight is 497 g/mol. The number of nitrogens with zero attached hydrogens (tertiary/aromatic N) is 1. The van der Waals surface area contributed by atoms with Gasteiger partial charge >= 0.3 is 5.97 Å². The fourth-order valence-electron chi connectivity index (χ4n) is 4.07. The molecular weight excluding hydrogens is 471 g/mol. The Kier molecular flexibility index (Phi) is 7.95. The first-order chi connectivity index (χ1) is 17.9. The molecular formula is C30H25FN2O4. The minimum absolute atomic E-state index is 0.0843. The lowest BCUT2D eigenvalue weighted by atomic mass is 9.92. The number of halogens is 1. The molecule has 0 spiro atoms. The van der Waals surface area contributed by atoms with E-state index in [1.165, 1.54) is 19.4 Å². The van der Waals surface area contributed by atoms with E-state index in [9.17, 15) is 18.8 Å². The van der Waals surface area contributed by atoms with Gasteiger partial charge in [-0.1, -0.05) is 48.5 Å². The Morgan fingerprint density at radius 2 is 1.54 bits per heavy atom. The normalized spacial score (nSPS) is 10.7. The van der Waals surface area contributed by atoms with Gasteiger partial charge in [0.25, 0.3) is 0 Å². The number of carbonyl (C=O) groups is 3. The van der Waals surface area contributed by atoms with Crippen molar-refractivity contribution < 1.29 is 23.5 Å². The number of hydrogen-bond acceptors (Lipinski definition) is 6. The summed E-state index contributed by atoms with van der Waals surface area (Å²) in [6.45, 7) is 0.262. The first kappa shape index (κ1) is 25.6. The van der Waals surface area contributed by atoms with Gasteiger partial charge in [0.05, 0.1) is 18.9 Å². The number of Topliss-reactive ketones (excluding diaryl/α,β-unsaturated/α-hetero) is 2. The summed E-state index contributed by atoms with van der Waals surface area (Å²) >= 11 is 0. The molecule has 37 heavy (non-hydrogen) atoms. The Morgan fingerprint density at radius 1 is 0.838 bits per heavy atom. The lowest BCUT2D eigenvalue weighted by Crippen LogP contribution is -2.08. The fraction of sp³-hybridized carbons (Fsp3) is 0.133. The van der Waals surface area contributed by atoms with Crippen LogP contribution in [0.4, 0.5) is 4.39 Å². The number of esters is 1. The summed E-state index contributed by atoms with van der Waals surface area (Å²) in [6.07, 6.45) is 2.61. The predicted octanol–water partition coefficient (Wildman–Crippen LogP) is 4.98. The Balaban J connectivity index is 1.57. The maximum Gasteiger partial charge on any atom is 0.337 e. The van der Waals surface area contributed by atoms with E-state index < -0.39 is 11.8 Å².